The molecular weight excluding hydrogens is 500 g/mol. The van der Waals surface area contributed by atoms with Crippen LogP contribution >= 0.6 is 0 Å². The van der Waals surface area contributed by atoms with Crippen LogP contribution in [0.25, 0.3) is 0 Å². The zero-order chi connectivity index (χ0) is 27.4. The molecule has 0 spiro atoms. The van der Waals surface area contributed by atoms with Crippen molar-refractivity contribution in [2.24, 2.45) is 5.92 Å². The van der Waals surface area contributed by atoms with Crippen LogP contribution in [0.4, 0.5) is 0 Å². The van der Waals surface area contributed by atoms with E-state index in [0.717, 1.165) is 11.1 Å². The monoisotopic (exact) mass is 534 g/mol. The lowest BCUT2D eigenvalue weighted by Crippen LogP contribution is -2.54. The fourth-order valence-electron chi connectivity index (χ4n) is 4.84. The molecule has 0 amide bonds. The molecule has 11 nitrogen and oxygen atoms in total. The molecule has 0 bridgehead atoms. The van der Waals surface area contributed by atoms with Crippen LogP contribution in [0.5, 0.6) is 23.0 Å². The van der Waals surface area contributed by atoms with Gasteiger partial charge in [-0.2, -0.15) is 0 Å². The van der Waals surface area contributed by atoms with Gasteiger partial charge in [-0.05, 0) is 41.8 Å². The second kappa shape index (κ2) is 11.7. The number of hydrogen-bond donors (Lipinski definition) is 3. The van der Waals surface area contributed by atoms with Gasteiger partial charge in [-0.3, -0.25) is 4.79 Å². The van der Waals surface area contributed by atoms with Crippen LogP contribution in [0.1, 0.15) is 11.1 Å². The average Bonchev–Trinajstić information content (AvgIpc) is 3.24. The first-order valence-corrected chi connectivity index (χ1v) is 12.2. The van der Waals surface area contributed by atoms with Gasteiger partial charge in [0.25, 0.3) is 0 Å². The van der Waals surface area contributed by atoms with E-state index in [0.29, 0.717) is 30.1 Å². The summed E-state index contributed by atoms with van der Waals surface area (Å²) in [5.74, 6) is 0.821. The fourth-order valence-corrected chi connectivity index (χ4v) is 4.84. The van der Waals surface area contributed by atoms with E-state index in [-0.39, 0.29) is 24.9 Å². The molecule has 2 aromatic carbocycles. The summed E-state index contributed by atoms with van der Waals surface area (Å²) in [5, 5.41) is 29.8. The Balaban J connectivity index is 1.53. The molecule has 208 valence electrons. The number of carbonyl (C=O) groups is 1. The predicted molar refractivity (Wildman–Crippen MR) is 133 cm³/mol. The highest BCUT2D eigenvalue weighted by Gasteiger charge is 2.51. The number of methoxy groups -OCH3 is 4. The Morgan fingerprint density at radius 2 is 1.50 bits per heavy atom. The first kappa shape index (κ1) is 27.9. The van der Waals surface area contributed by atoms with E-state index in [4.69, 9.17) is 33.2 Å². The molecule has 2 aromatic rings. The van der Waals surface area contributed by atoms with E-state index in [9.17, 15) is 20.1 Å². The number of rotatable bonds is 10. The number of aliphatic hydroxyl groups is 3. The maximum absolute atomic E-state index is 12.9. The molecule has 6 atom stereocenters. The number of aliphatic hydroxyl groups excluding tert-OH is 3. The smallest absolute Gasteiger partial charge is 0.312 e. The Morgan fingerprint density at radius 1 is 0.868 bits per heavy atom. The normalized spacial score (nSPS) is 29.0. The zero-order valence-electron chi connectivity index (χ0n) is 21.8. The molecule has 0 saturated carbocycles. The van der Waals surface area contributed by atoms with Crippen molar-refractivity contribution < 1.29 is 53.3 Å². The highest BCUT2D eigenvalue weighted by Crippen LogP contribution is 2.39. The lowest BCUT2D eigenvalue weighted by molar-refractivity contribution is -0.242. The van der Waals surface area contributed by atoms with Crippen molar-refractivity contribution in [2.45, 2.75) is 43.0 Å². The molecule has 0 aromatic heterocycles. The fraction of sp³-hybridized carbons (Fsp3) is 0.519. The molecule has 0 aliphatic carbocycles. The Labute approximate surface area is 220 Å². The molecular formula is C27H34O11. The molecule has 2 saturated heterocycles. The summed E-state index contributed by atoms with van der Waals surface area (Å²) in [6.45, 7) is -0.0863. The lowest BCUT2D eigenvalue weighted by Gasteiger charge is -2.35. The van der Waals surface area contributed by atoms with Gasteiger partial charge >= 0.3 is 5.97 Å². The number of carbonyl (C=O) groups excluding carboxylic acids is 1. The maximum Gasteiger partial charge on any atom is 0.312 e. The molecule has 2 aliphatic heterocycles. The Kier molecular flexibility index (Phi) is 8.64. The van der Waals surface area contributed by atoms with Gasteiger partial charge in [-0.15, -0.1) is 0 Å². The molecule has 11 heteroatoms. The van der Waals surface area contributed by atoms with Crippen molar-refractivity contribution in [1.29, 1.82) is 0 Å². The van der Waals surface area contributed by atoms with E-state index in [1.807, 2.05) is 12.1 Å². The van der Waals surface area contributed by atoms with Gasteiger partial charge in [-0.1, -0.05) is 12.1 Å². The van der Waals surface area contributed by atoms with Crippen LogP contribution in [-0.4, -0.2) is 93.1 Å². The van der Waals surface area contributed by atoms with E-state index in [1.165, 1.54) is 7.11 Å². The standard InChI is InChI=1S/C27H34O11/c1-32-19-7-6-16(11-21(19)33-2)12-27(35-4)14-37-25(31)17(27)9-15-5-8-20(22(10-15)34-3)38-26-24(30)23(29)18(28)13-36-26/h5-8,10-11,17-18,23-24,26,28-30H,9,12-14H2,1-4H3/t17-,18-,23+,24-,26+,27+/m1/s1. The van der Waals surface area contributed by atoms with Crippen molar-refractivity contribution in [3.05, 3.63) is 47.5 Å². The first-order chi connectivity index (χ1) is 18.2. The number of cyclic esters (lactones) is 1. The minimum Gasteiger partial charge on any atom is -0.493 e. The Hall–Kier alpha value is -3.09. The van der Waals surface area contributed by atoms with Gasteiger partial charge in [-0.25, -0.2) is 0 Å². The quantitative estimate of drug-likeness (QED) is 0.374. The zero-order valence-corrected chi connectivity index (χ0v) is 21.8. The second-order valence-electron chi connectivity index (χ2n) is 9.35. The molecule has 2 aliphatic rings. The lowest BCUT2D eigenvalue weighted by atomic mass is 9.80. The van der Waals surface area contributed by atoms with E-state index < -0.39 is 36.1 Å². The van der Waals surface area contributed by atoms with Crippen molar-refractivity contribution >= 4 is 5.97 Å². The van der Waals surface area contributed by atoms with Gasteiger partial charge in [0.2, 0.25) is 6.29 Å². The van der Waals surface area contributed by atoms with Crippen molar-refractivity contribution in [2.75, 3.05) is 41.7 Å². The summed E-state index contributed by atoms with van der Waals surface area (Å²) in [5.41, 5.74) is 0.760. The minimum absolute atomic E-state index is 0.102. The molecule has 38 heavy (non-hydrogen) atoms. The number of hydrogen-bond acceptors (Lipinski definition) is 11. The third kappa shape index (κ3) is 5.52. The van der Waals surface area contributed by atoms with Crippen LogP contribution in [0, 0.1) is 5.92 Å². The average molecular weight is 535 g/mol. The number of ether oxygens (including phenoxy) is 7. The summed E-state index contributed by atoms with van der Waals surface area (Å²) >= 11 is 0. The van der Waals surface area contributed by atoms with Crippen molar-refractivity contribution in [1.82, 2.24) is 0 Å². The van der Waals surface area contributed by atoms with Gasteiger partial charge in [0.05, 0.1) is 33.9 Å². The summed E-state index contributed by atoms with van der Waals surface area (Å²) in [4.78, 5) is 12.9. The van der Waals surface area contributed by atoms with E-state index in [1.54, 1.807) is 45.6 Å². The molecule has 0 radical (unpaired) electrons. The molecule has 2 fully saturated rings. The van der Waals surface area contributed by atoms with Crippen LogP contribution in [-0.2, 0) is 31.8 Å². The van der Waals surface area contributed by atoms with Crippen LogP contribution in [0.2, 0.25) is 0 Å². The SMILES string of the molecule is COc1ccc(C[C@]2(OC)COC(=O)[C@H]2Cc2ccc(O[C@@H]3OC[C@@H](O)[C@H](O)[C@H]3O)c(OC)c2)cc1OC. The third-order valence-corrected chi connectivity index (χ3v) is 7.10. The van der Waals surface area contributed by atoms with E-state index in [2.05, 4.69) is 0 Å². The third-order valence-electron chi connectivity index (χ3n) is 7.10. The van der Waals surface area contributed by atoms with Gasteiger partial charge in [0.15, 0.2) is 23.0 Å². The number of benzene rings is 2. The van der Waals surface area contributed by atoms with Gasteiger partial charge in [0, 0.05) is 13.5 Å². The first-order valence-electron chi connectivity index (χ1n) is 12.2. The summed E-state index contributed by atoms with van der Waals surface area (Å²) in [7, 11) is 6.15. The molecule has 4 rings (SSSR count). The van der Waals surface area contributed by atoms with Crippen LogP contribution in [0.3, 0.4) is 0 Å². The maximum atomic E-state index is 12.9. The van der Waals surface area contributed by atoms with Gasteiger partial charge < -0.3 is 48.5 Å². The van der Waals surface area contributed by atoms with Crippen LogP contribution in [0.15, 0.2) is 36.4 Å². The highest BCUT2D eigenvalue weighted by molar-refractivity contribution is 5.77. The number of esters is 1. The highest BCUT2D eigenvalue weighted by atomic mass is 16.7. The topological polar surface area (TPSA) is 142 Å². The van der Waals surface area contributed by atoms with Crippen molar-refractivity contribution in [3.63, 3.8) is 0 Å². The van der Waals surface area contributed by atoms with E-state index >= 15 is 0 Å². The molecule has 3 N–H and O–H groups in total. The minimum atomic E-state index is -1.45. The summed E-state index contributed by atoms with van der Waals surface area (Å²) in [6.07, 6.45) is -4.54. The largest absolute Gasteiger partial charge is 0.493 e. The molecule has 0 unspecified atom stereocenters. The molecule has 2 heterocycles. The summed E-state index contributed by atoms with van der Waals surface area (Å²) < 4.78 is 38.7. The van der Waals surface area contributed by atoms with Crippen LogP contribution < -0.4 is 18.9 Å². The summed E-state index contributed by atoms with van der Waals surface area (Å²) in [6, 6.07) is 10.7. The predicted octanol–water partition coefficient (Wildman–Crippen LogP) is 0.874. The second-order valence-corrected chi connectivity index (χ2v) is 9.35. The Bertz CT molecular complexity index is 1120. The van der Waals surface area contributed by atoms with Gasteiger partial charge in [0.1, 0.15) is 30.5 Å². The van der Waals surface area contributed by atoms with Crippen molar-refractivity contribution in [3.8, 4) is 23.0 Å². The Morgan fingerprint density at radius 3 is 2.18 bits per heavy atom.